The van der Waals surface area contributed by atoms with Crippen LogP contribution in [0.5, 0.6) is 0 Å². The number of hydrogen-bond acceptors (Lipinski definition) is 1. The first-order chi connectivity index (χ1) is 13.5. The molecule has 0 fully saturated rings. The molecule has 0 unspecified atom stereocenters. The molecular weight excluding hydrogens is 344 g/mol. The van der Waals surface area contributed by atoms with Crippen LogP contribution in [0.25, 0.3) is 0 Å². The Balaban J connectivity index is 2.21. The molecule has 0 aliphatic rings. The van der Waals surface area contributed by atoms with Crippen LogP contribution in [0, 0.1) is 11.8 Å². The minimum Gasteiger partial charge on any atom is -0.345 e. The van der Waals surface area contributed by atoms with Gasteiger partial charge in [-0.3, -0.25) is 4.79 Å². The monoisotopic (exact) mass is 382 g/mol. The second-order valence-corrected chi connectivity index (χ2v) is 8.31. The molecule has 3 heteroatoms. The van der Waals surface area contributed by atoms with Gasteiger partial charge in [0.25, 0.3) is 0 Å². The lowest BCUT2D eigenvalue weighted by Gasteiger charge is -2.35. The van der Waals surface area contributed by atoms with E-state index in [4.69, 9.17) is 0 Å². The third-order valence-electron chi connectivity index (χ3n) is 5.94. The molecule has 3 nitrogen and oxygen atoms in total. The average molecular weight is 383 g/mol. The number of unbranched alkanes of at least 4 members (excludes halogenated alkanes) is 1. The fourth-order valence-corrected chi connectivity index (χ4v) is 3.67. The maximum Gasteiger partial charge on any atom is 0.226 e. The van der Waals surface area contributed by atoms with Crippen molar-refractivity contribution < 1.29 is 4.79 Å². The van der Waals surface area contributed by atoms with Crippen molar-refractivity contribution in [1.82, 2.24) is 9.47 Å². The zero-order valence-corrected chi connectivity index (χ0v) is 18.4. The first-order valence-electron chi connectivity index (χ1n) is 11.0. The van der Waals surface area contributed by atoms with Crippen molar-refractivity contribution >= 4 is 5.91 Å². The summed E-state index contributed by atoms with van der Waals surface area (Å²) in [5.41, 5.74) is 2.49. The van der Waals surface area contributed by atoms with E-state index in [0.717, 1.165) is 32.2 Å². The number of carbonyl (C=O) groups is 1. The number of rotatable bonds is 11. The molecule has 1 heterocycles. The molecule has 154 valence electrons. The maximum absolute atomic E-state index is 13.4. The fraction of sp³-hybridized carbons (Fsp3) is 0.560. The largest absolute Gasteiger partial charge is 0.345 e. The molecular formula is C25H38N2O. The Morgan fingerprint density at radius 1 is 1.04 bits per heavy atom. The summed E-state index contributed by atoms with van der Waals surface area (Å²) in [6, 6.07) is 15.0. The number of hydrogen-bond donors (Lipinski definition) is 0. The van der Waals surface area contributed by atoms with Crippen molar-refractivity contribution in [3.63, 3.8) is 0 Å². The smallest absolute Gasteiger partial charge is 0.226 e. The first-order valence-corrected chi connectivity index (χ1v) is 11.0. The molecule has 28 heavy (non-hydrogen) atoms. The molecule has 0 N–H and O–H groups in total. The number of nitrogens with zero attached hydrogens (tertiary/aromatic N) is 2. The van der Waals surface area contributed by atoms with Crippen molar-refractivity contribution in [3.8, 4) is 0 Å². The van der Waals surface area contributed by atoms with Crippen LogP contribution in [0.1, 0.15) is 71.6 Å². The Hall–Kier alpha value is -2.03. The zero-order valence-electron chi connectivity index (χ0n) is 18.4. The molecule has 0 saturated heterocycles. The van der Waals surface area contributed by atoms with E-state index in [0.29, 0.717) is 18.4 Å². The summed E-state index contributed by atoms with van der Waals surface area (Å²) in [5.74, 6) is 0.897. The molecule has 0 aliphatic heterocycles. The van der Waals surface area contributed by atoms with E-state index in [-0.39, 0.29) is 12.0 Å². The van der Waals surface area contributed by atoms with Crippen molar-refractivity contribution in [2.45, 2.75) is 79.4 Å². The van der Waals surface area contributed by atoms with Crippen molar-refractivity contribution in [2.24, 2.45) is 11.8 Å². The van der Waals surface area contributed by atoms with Crippen LogP contribution >= 0.6 is 0 Å². The Bertz CT molecular complexity index is 704. The van der Waals surface area contributed by atoms with Gasteiger partial charge in [0.15, 0.2) is 0 Å². The van der Waals surface area contributed by atoms with E-state index in [2.05, 4.69) is 86.7 Å². The summed E-state index contributed by atoms with van der Waals surface area (Å²) < 4.78 is 2.27. The van der Waals surface area contributed by atoms with Gasteiger partial charge >= 0.3 is 0 Å². The second-order valence-electron chi connectivity index (χ2n) is 8.31. The van der Waals surface area contributed by atoms with E-state index in [1.165, 1.54) is 11.3 Å². The zero-order chi connectivity index (χ0) is 20.5. The van der Waals surface area contributed by atoms with E-state index in [9.17, 15) is 4.79 Å². The standard InChI is InChI=1S/C25H38N2O/c1-6-8-15-23(7-2)25(28)27(21(5)20(3)4)19-24-16-12-17-26(24)18-22-13-10-9-11-14-22/h9-14,16-17,20-21,23H,6-8,15,18-19H2,1-5H3/t21-,23+/m0/s1. The van der Waals surface area contributed by atoms with Gasteiger partial charge in [-0.1, -0.05) is 70.9 Å². The molecule has 0 aliphatic carbocycles. The highest BCUT2D eigenvalue weighted by atomic mass is 16.2. The molecule has 1 aromatic carbocycles. The summed E-state index contributed by atoms with van der Waals surface area (Å²) in [4.78, 5) is 15.6. The van der Waals surface area contributed by atoms with E-state index >= 15 is 0 Å². The first kappa shape index (κ1) is 22.3. The molecule has 0 bridgehead atoms. The normalized spacial score (nSPS) is 13.5. The predicted molar refractivity (Wildman–Crippen MR) is 118 cm³/mol. The molecule has 0 saturated carbocycles. The van der Waals surface area contributed by atoms with Gasteiger partial charge in [0, 0.05) is 30.4 Å². The fourth-order valence-electron chi connectivity index (χ4n) is 3.67. The van der Waals surface area contributed by atoms with Crippen LogP contribution in [-0.2, 0) is 17.9 Å². The quantitative estimate of drug-likeness (QED) is 0.459. The highest BCUT2D eigenvalue weighted by molar-refractivity contribution is 5.79. The number of carbonyl (C=O) groups excluding carboxylic acids is 1. The Morgan fingerprint density at radius 2 is 1.75 bits per heavy atom. The van der Waals surface area contributed by atoms with Crippen molar-refractivity contribution in [2.75, 3.05) is 0 Å². The number of benzene rings is 1. The molecule has 0 radical (unpaired) electrons. The topological polar surface area (TPSA) is 25.2 Å². The summed E-state index contributed by atoms with van der Waals surface area (Å²) in [6.45, 7) is 12.5. The highest BCUT2D eigenvalue weighted by Gasteiger charge is 2.28. The van der Waals surface area contributed by atoms with Gasteiger partial charge in [0.05, 0.1) is 6.54 Å². The van der Waals surface area contributed by atoms with Crippen LogP contribution in [0.4, 0.5) is 0 Å². The molecule has 1 amide bonds. The molecule has 0 spiro atoms. The van der Waals surface area contributed by atoms with Gasteiger partial charge < -0.3 is 9.47 Å². The number of aromatic nitrogens is 1. The van der Waals surface area contributed by atoms with Gasteiger partial charge in [0.2, 0.25) is 5.91 Å². The SMILES string of the molecule is CCCC[C@@H](CC)C(=O)N(Cc1cccn1Cc1ccccc1)[C@@H](C)C(C)C. The predicted octanol–water partition coefficient (Wildman–Crippen LogP) is 6.13. The van der Waals surface area contributed by atoms with Crippen LogP contribution in [0.3, 0.4) is 0 Å². The van der Waals surface area contributed by atoms with E-state index < -0.39 is 0 Å². The van der Waals surface area contributed by atoms with Crippen LogP contribution in [0.15, 0.2) is 48.7 Å². The Morgan fingerprint density at radius 3 is 2.36 bits per heavy atom. The van der Waals surface area contributed by atoms with E-state index in [1.54, 1.807) is 0 Å². The Labute approximate surface area is 171 Å². The minimum absolute atomic E-state index is 0.138. The lowest BCUT2D eigenvalue weighted by molar-refractivity contribution is -0.139. The van der Waals surface area contributed by atoms with Crippen molar-refractivity contribution in [3.05, 3.63) is 59.9 Å². The molecule has 2 rings (SSSR count). The summed E-state index contributed by atoms with van der Waals surface area (Å²) in [5, 5.41) is 0. The average Bonchev–Trinajstić information content (AvgIpc) is 3.13. The van der Waals surface area contributed by atoms with E-state index in [1.807, 2.05) is 6.07 Å². The highest BCUT2D eigenvalue weighted by Crippen LogP contribution is 2.23. The van der Waals surface area contributed by atoms with Gasteiger partial charge in [-0.25, -0.2) is 0 Å². The van der Waals surface area contributed by atoms with Gasteiger partial charge in [-0.15, -0.1) is 0 Å². The Kier molecular flexibility index (Phi) is 8.82. The van der Waals surface area contributed by atoms with Crippen LogP contribution in [-0.4, -0.2) is 21.4 Å². The van der Waals surface area contributed by atoms with Crippen LogP contribution < -0.4 is 0 Å². The minimum atomic E-state index is 0.138. The lowest BCUT2D eigenvalue weighted by Crippen LogP contribution is -2.44. The summed E-state index contributed by atoms with van der Waals surface area (Å²) >= 11 is 0. The van der Waals surface area contributed by atoms with Gasteiger partial charge in [-0.05, 0) is 43.4 Å². The van der Waals surface area contributed by atoms with Crippen molar-refractivity contribution in [1.29, 1.82) is 0 Å². The summed E-state index contributed by atoms with van der Waals surface area (Å²) in [7, 11) is 0. The third kappa shape index (κ3) is 5.98. The second kappa shape index (κ2) is 11.1. The molecule has 2 aromatic rings. The van der Waals surface area contributed by atoms with Gasteiger partial charge in [0.1, 0.15) is 0 Å². The van der Waals surface area contributed by atoms with Gasteiger partial charge in [-0.2, -0.15) is 0 Å². The summed E-state index contributed by atoms with van der Waals surface area (Å²) in [6.07, 6.45) is 6.31. The third-order valence-corrected chi connectivity index (χ3v) is 5.94. The van der Waals surface area contributed by atoms with Crippen LogP contribution in [0.2, 0.25) is 0 Å². The lowest BCUT2D eigenvalue weighted by atomic mass is 9.95. The number of amides is 1. The molecule has 2 atom stereocenters. The maximum atomic E-state index is 13.4. The molecule has 1 aromatic heterocycles.